The Hall–Kier alpha value is -2.60. The lowest BCUT2D eigenvalue weighted by molar-refractivity contribution is -0.125. The summed E-state index contributed by atoms with van der Waals surface area (Å²) in [4.78, 5) is 31.3. The van der Waals surface area contributed by atoms with Crippen LogP contribution in [0.2, 0.25) is 0 Å². The molecule has 0 unspecified atom stereocenters. The monoisotopic (exact) mass is 367 g/mol. The van der Waals surface area contributed by atoms with Crippen molar-refractivity contribution in [1.29, 1.82) is 0 Å². The summed E-state index contributed by atoms with van der Waals surface area (Å²) in [6, 6.07) is 15.2. The topological polar surface area (TPSA) is 55.2 Å². The lowest BCUT2D eigenvalue weighted by atomic mass is 10.1. The molecule has 0 aliphatic heterocycles. The molecule has 6 heteroatoms. The van der Waals surface area contributed by atoms with Gasteiger partial charge in [-0.1, -0.05) is 43.0 Å². The van der Waals surface area contributed by atoms with Crippen LogP contribution in [-0.2, 0) is 11.2 Å². The van der Waals surface area contributed by atoms with Crippen molar-refractivity contribution in [2.45, 2.75) is 18.5 Å². The zero-order valence-electron chi connectivity index (χ0n) is 15.1. The highest BCUT2D eigenvalue weighted by Crippen LogP contribution is 2.22. The van der Waals surface area contributed by atoms with Crippen molar-refractivity contribution in [1.82, 2.24) is 14.5 Å². The molecule has 0 saturated heterocycles. The van der Waals surface area contributed by atoms with Crippen LogP contribution in [0, 0.1) is 0 Å². The van der Waals surface area contributed by atoms with E-state index in [4.69, 9.17) is 0 Å². The van der Waals surface area contributed by atoms with Crippen molar-refractivity contribution in [2.24, 2.45) is 0 Å². The van der Waals surface area contributed by atoms with Crippen LogP contribution in [-0.4, -0.2) is 40.2 Å². The fourth-order valence-electron chi connectivity index (χ4n) is 2.57. The molecular weight excluding hydrogens is 346 g/mol. The number of nitrogens with zero attached hydrogens (tertiary/aromatic N) is 3. The van der Waals surface area contributed by atoms with Gasteiger partial charge in [0.05, 0.1) is 22.3 Å². The molecule has 0 aliphatic carbocycles. The highest BCUT2D eigenvalue weighted by molar-refractivity contribution is 7.99. The van der Waals surface area contributed by atoms with Gasteiger partial charge in [0.15, 0.2) is 5.16 Å². The second kappa shape index (κ2) is 7.74. The second-order valence-corrected chi connectivity index (χ2v) is 7.09. The number of amides is 1. The Morgan fingerprint density at radius 2 is 1.81 bits per heavy atom. The zero-order chi connectivity index (χ0) is 18.7. The SMILES string of the molecule is CCc1ccc(-n2c(SCC(=O)N(C)C)nc3ccccc3c2=O)cc1. The summed E-state index contributed by atoms with van der Waals surface area (Å²) >= 11 is 1.28. The Kier molecular flexibility index (Phi) is 5.42. The average Bonchev–Trinajstić information content (AvgIpc) is 2.66. The first kappa shape index (κ1) is 18.2. The molecule has 0 aliphatic rings. The molecule has 0 N–H and O–H groups in total. The van der Waals surface area contributed by atoms with Crippen LogP contribution in [0.15, 0.2) is 58.5 Å². The summed E-state index contributed by atoms with van der Waals surface area (Å²) < 4.78 is 1.59. The van der Waals surface area contributed by atoms with Crippen molar-refractivity contribution in [3.05, 3.63) is 64.4 Å². The number of aryl methyl sites for hydroxylation is 1. The molecule has 3 aromatic rings. The van der Waals surface area contributed by atoms with E-state index in [1.165, 1.54) is 22.2 Å². The quantitative estimate of drug-likeness (QED) is 0.514. The number of benzene rings is 2. The second-order valence-electron chi connectivity index (χ2n) is 6.15. The number of hydrogen-bond donors (Lipinski definition) is 0. The Morgan fingerprint density at radius 3 is 2.46 bits per heavy atom. The van der Waals surface area contributed by atoms with E-state index >= 15 is 0 Å². The Balaban J connectivity index is 2.13. The van der Waals surface area contributed by atoms with Crippen molar-refractivity contribution >= 4 is 28.6 Å². The van der Waals surface area contributed by atoms with Gasteiger partial charge in [-0.3, -0.25) is 14.2 Å². The maximum atomic E-state index is 13.1. The highest BCUT2D eigenvalue weighted by atomic mass is 32.2. The minimum absolute atomic E-state index is 0.0229. The molecule has 1 amide bonds. The van der Waals surface area contributed by atoms with Crippen molar-refractivity contribution in [3.63, 3.8) is 0 Å². The van der Waals surface area contributed by atoms with Gasteiger partial charge >= 0.3 is 0 Å². The summed E-state index contributed by atoms with van der Waals surface area (Å²) in [6.45, 7) is 2.09. The lowest BCUT2D eigenvalue weighted by Crippen LogP contribution is -2.25. The van der Waals surface area contributed by atoms with Gasteiger partial charge in [0, 0.05) is 14.1 Å². The van der Waals surface area contributed by atoms with Crippen LogP contribution >= 0.6 is 11.8 Å². The maximum Gasteiger partial charge on any atom is 0.266 e. The van der Waals surface area contributed by atoms with Gasteiger partial charge in [0.25, 0.3) is 5.56 Å². The van der Waals surface area contributed by atoms with E-state index in [1.54, 1.807) is 24.7 Å². The highest BCUT2D eigenvalue weighted by Gasteiger charge is 2.15. The molecule has 0 atom stereocenters. The van der Waals surface area contributed by atoms with E-state index in [-0.39, 0.29) is 17.2 Å². The normalized spacial score (nSPS) is 10.9. The van der Waals surface area contributed by atoms with Gasteiger partial charge < -0.3 is 4.90 Å². The van der Waals surface area contributed by atoms with Crippen LogP contribution < -0.4 is 5.56 Å². The molecule has 5 nitrogen and oxygen atoms in total. The van der Waals surface area contributed by atoms with E-state index in [9.17, 15) is 9.59 Å². The summed E-state index contributed by atoms with van der Waals surface area (Å²) in [5.74, 6) is 0.204. The van der Waals surface area contributed by atoms with E-state index in [2.05, 4.69) is 11.9 Å². The molecule has 1 aromatic heterocycles. The number of carbonyl (C=O) groups is 1. The maximum absolute atomic E-state index is 13.1. The van der Waals surface area contributed by atoms with Crippen molar-refractivity contribution in [2.75, 3.05) is 19.8 Å². The lowest BCUT2D eigenvalue weighted by Gasteiger charge is -2.14. The standard InChI is InChI=1S/C20H21N3O2S/c1-4-14-9-11-15(12-10-14)23-19(25)16-7-5-6-8-17(16)21-20(23)26-13-18(24)22(2)3/h5-12H,4,13H2,1-3H3. The molecule has 0 saturated carbocycles. The fraction of sp³-hybridized carbons (Fsp3) is 0.250. The zero-order valence-corrected chi connectivity index (χ0v) is 15.9. The molecule has 0 spiro atoms. The minimum Gasteiger partial charge on any atom is -0.348 e. The Bertz CT molecular complexity index is 994. The van der Waals surface area contributed by atoms with E-state index in [1.807, 2.05) is 42.5 Å². The van der Waals surface area contributed by atoms with E-state index < -0.39 is 0 Å². The van der Waals surface area contributed by atoms with Gasteiger partial charge in [-0.2, -0.15) is 0 Å². The van der Waals surface area contributed by atoms with Gasteiger partial charge in [-0.25, -0.2) is 4.98 Å². The van der Waals surface area contributed by atoms with Crippen LogP contribution in [0.3, 0.4) is 0 Å². The third-order valence-electron chi connectivity index (χ3n) is 4.17. The number of fused-ring (bicyclic) bond motifs is 1. The van der Waals surface area contributed by atoms with Crippen molar-refractivity contribution < 1.29 is 4.79 Å². The summed E-state index contributed by atoms with van der Waals surface area (Å²) in [5.41, 5.74) is 2.47. The minimum atomic E-state index is -0.125. The van der Waals surface area contributed by atoms with E-state index in [0.29, 0.717) is 16.1 Å². The predicted molar refractivity (Wildman–Crippen MR) is 106 cm³/mol. The molecule has 26 heavy (non-hydrogen) atoms. The smallest absolute Gasteiger partial charge is 0.266 e. The molecule has 3 rings (SSSR count). The molecular formula is C20H21N3O2S. The summed E-state index contributed by atoms with van der Waals surface area (Å²) in [7, 11) is 3.43. The van der Waals surface area contributed by atoms with Gasteiger partial charge in [-0.15, -0.1) is 0 Å². The predicted octanol–water partition coefficient (Wildman–Crippen LogP) is 3.13. The first-order valence-corrected chi connectivity index (χ1v) is 9.44. The third kappa shape index (κ3) is 3.65. The van der Waals surface area contributed by atoms with E-state index in [0.717, 1.165) is 12.1 Å². The van der Waals surface area contributed by atoms with Crippen LogP contribution in [0.1, 0.15) is 12.5 Å². The molecule has 134 valence electrons. The fourth-order valence-corrected chi connectivity index (χ4v) is 3.56. The molecule has 0 fully saturated rings. The first-order valence-electron chi connectivity index (χ1n) is 8.45. The van der Waals surface area contributed by atoms with Crippen LogP contribution in [0.4, 0.5) is 0 Å². The number of rotatable bonds is 5. The Morgan fingerprint density at radius 1 is 1.12 bits per heavy atom. The number of carbonyl (C=O) groups excluding carboxylic acids is 1. The first-order chi connectivity index (χ1) is 12.5. The number of para-hydroxylation sites is 1. The molecule has 0 bridgehead atoms. The number of aromatic nitrogens is 2. The van der Waals surface area contributed by atoms with Gasteiger partial charge in [0.2, 0.25) is 5.91 Å². The number of hydrogen-bond acceptors (Lipinski definition) is 4. The average molecular weight is 367 g/mol. The summed E-state index contributed by atoms with van der Waals surface area (Å²) in [6.07, 6.45) is 0.935. The number of thioether (sulfide) groups is 1. The molecule has 1 heterocycles. The Labute approximate surface area is 156 Å². The van der Waals surface area contributed by atoms with Crippen LogP contribution in [0.25, 0.3) is 16.6 Å². The van der Waals surface area contributed by atoms with Crippen LogP contribution in [0.5, 0.6) is 0 Å². The molecule has 0 radical (unpaired) electrons. The molecule has 2 aromatic carbocycles. The summed E-state index contributed by atoms with van der Waals surface area (Å²) in [5, 5.41) is 1.09. The van der Waals surface area contributed by atoms with Crippen molar-refractivity contribution in [3.8, 4) is 5.69 Å². The van der Waals surface area contributed by atoms with Gasteiger partial charge in [-0.05, 0) is 36.2 Å². The largest absolute Gasteiger partial charge is 0.348 e. The van der Waals surface area contributed by atoms with Gasteiger partial charge in [0.1, 0.15) is 0 Å². The third-order valence-corrected chi connectivity index (χ3v) is 5.09.